The molecule has 1 aromatic heterocycles. The van der Waals surface area contributed by atoms with Crippen LogP contribution in [0, 0.1) is 11.8 Å². The average molecular weight is 266 g/mol. The highest BCUT2D eigenvalue weighted by Crippen LogP contribution is 2.31. The molecule has 2 unspecified atom stereocenters. The summed E-state index contributed by atoms with van der Waals surface area (Å²) in [5.41, 5.74) is 7.82. The summed E-state index contributed by atoms with van der Waals surface area (Å²) in [5.74, 6) is 1.89. The molecule has 108 valence electrons. The zero-order valence-electron chi connectivity index (χ0n) is 12.0. The molecule has 1 heterocycles. The molecular formula is C14H26N4O. The van der Waals surface area contributed by atoms with E-state index in [-0.39, 0.29) is 0 Å². The Balaban J connectivity index is 1.99. The van der Waals surface area contributed by atoms with Gasteiger partial charge in [0.2, 0.25) is 0 Å². The minimum atomic E-state index is 0.299. The van der Waals surface area contributed by atoms with Gasteiger partial charge in [-0.1, -0.05) is 19.8 Å². The third-order valence-electron chi connectivity index (χ3n) is 4.33. The first kappa shape index (κ1) is 14.2. The average Bonchev–Trinajstić information content (AvgIpc) is 2.71. The molecule has 0 aliphatic heterocycles. The smallest absolute Gasteiger partial charge is 0.147 e. The standard InChI is InChI=1S/C14H26N4O/c1-3-12-13(15)14(18(2)17-12)16-8-10-6-4-5-7-11(10)9-19/h10-11,16,19H,3-9,15H2,1-2H3. The minimum absolute atomic E-state index is 0.299. The molecule has 1 aliphatic rings. The van der Waals surface area contributed by atoms with E-state index in [2.05, 4.69) is 17.3 Å². The summed E-state index contributed by atoms with van der Waals surface area (Å²) in [6.07, 6.45) is 5.70. The third-order valence-corrected chi connectivity index (χ3v) is 4.33. The SMILES string of the molecule is CCc1nn(C)c(NCC2CCCCC2CO)c1N. The van der Waals surface area contributed by atoms with Gasteiger partial charge in [-0.05, 0) is 31.1 Å². The van der Waals surface area contributed by atoms with Crippen molar-refractivity contribution in [3.05, 3.63) is 5.69 Å². The van der Waals surface area contributed by atoms with Crippen LogP contribution < -0.4 is 11.1 Å². The van der Waals surface area contributed by atoms with Gasteiger partial charge >= 0.3 is 0 Å². The number of hydrogen-bond donors (Lipinski definition) is 3. The van der Waals surface area contributed by atoms with Crippen LogP contribution >= 0.6 is 0 Å². The van der Waals surface area contributed by atoms with Gasteiger partial charge in [0.15, 0.2) is 0 Å². The van der Waals surface area contributed by atoms with Gasteiger partial charge in [0, 0.05) is 20.2 Å². The predicted octanol–water partition coefficient (Wildman–Crippen LogP) is 1.78. The van der Waals surface area contributed by atoms with E-state index in [1.54, 1.807) is 0 Å². The molecular weight excluding hydrogens is 240 g/mol. The lowest BCUT2D eigenvalue weighted by molar-refractivity contribution is 0.141. The van der Waals surface area contributed by atoms with E-state index < -0.39 is 0 Å². The Morgan fingerprint density at radius 3 is 2.63 bits per heavy atom. The summed E-state index contributed by atoms with van der Waals surface area (Å²) in [5, 5.41) is 17.3. The number of rotatable bonds is 5. The van der Waals surface area contributed by atoms with Crippen molar-refractivity contribution in [1.29, 1.82) is 0 Å². The summed E-state index contributed by atoms with van der Waals surface area (Å²) >= 11 is 0. The normalized spacial score (nSPS) is 23.5. The summed E-state index contributed by atoms with van der Waals surface area (Å²) in [7, 11) is 1.92. The Morgan fingerprint density at radius 1 is 1.37 bits per heavy atom. The molecule has 1 fully saturated rings. The highest BCUT2D eigenvalue weighted by atomic mass is 16.3. The van der Waals surface area contributed by atoms with E-state index in [4.69, 9.17) is 5.73 Å². The zero-order valence-corrected chi connectivity index (χ0v) is 12.0. The van der Waals surface area contributed by atoms with Gasteiger partial charge < -0.3 is 16.2 Å². The first-order valence-electron chi connectivity index (χ1n) is 7.33. The maximum atomic E-state index is 9.44. The van der Waals surface area contributed by atoms with Crippen LogP contribution in [-0.2, 0) is 13.5 Å². The lowest BCUT2D eigenvalue weighted by atomic mass is 9.79. The van der Waals surface area contributed by atoms with Crippen molar-refractivity contribution in [3.63, 3.8) is 0 Å². The van der Waals surface area contributed by atoms with Gasteiger partial charge in [0.05, 0.1) is 11.4 Å². The zero-order chi connectivity index (χ0) is 13.8. The van der Waals surface area contributed by atoms with Gasteiger partial charge in [0.1, 0.15) is 5.82 Å². The Bertz CT molecular complexity index is 416. The fourth-order valence-electron chi connectivity index (χ4n) is 3.09. The van der Waals surface area contributed by atoms with E-state index >= 15 is 0 Å². The second-order valence-electron chi connectivity index (χ2n) is 5.55. The molecule has 1 saturated carbocycles. The molecule has 0 spiro atoms. The number of nitrogen functional groups attached to an aromatic ring is 1. The van der Waals surface area contributed by atoms with Gasteiger partial charge in [-0.25, -0.2) is 0 Å². The number of aliphatic hydroxyl groups is 1. The van der Waals surface area contributed by atoms with Crippen LogP contribution in [0.25, 0.3) is 0 Å². The molecule has 0 saturated heterocycles. The molecule has 0 bridgehead atoms. The van der Waals surface area contributed by atoms with E-state index in [1.807, 2.05) is 11.7 Å². The molecule has 1 aromatic rings. The van der Waals surface area contributed by atoms with Crippen molar-refractivity contribution in [3.8, 4) is 0 Å². The molecule has 5 heteroatoms. The fourth-order valence-corrected chi connectivity index (χ4v) is 3.09. The van der Waals surface area contributed by atoms with Crippen molar-refractivity contribution in [2.24, 2.45) is 18.9 Å². The molecule has 0 radical (unpaired) electrons. The van der Waals surface area contributed by atoms with Crippen LogP contribution in [0.5, 0.6) is 0 Å². The second-order valence-corrected chi connectivity index (χ2v) is 5.55. The van der Waals surface area contributed by atoms with Crippen molar-refractivity contribution in [1.82, 2.24) is 9.78 Å². The molecule has 19 heavy (non-hydrogen) atoms. The molecule has 1 aliphatic carbocycles. The second kappa shape index (κ2) is 6.28. The summed E-state index contributed by atoms with van der Waals surface area (Å²) in [6.45, 7) is 3.23. The highest BCUT2D eigenvalue weighted by molar-refractivity contribution is 5.65. The maximum absolute atomic E-state index is 9.44. The highest BCUT2D eigenvalue weighted by Gasteiger charge is 2.24. The summed E-state index contributed by atoms with van der Waals surface area (Å²) in [6, 6.07) is 0. The molecule has 4 N–H and O–H groups in total. The van der Waals surface area contributed by atoms with E-state index in [0.29, 0.717) is 18.4 Å². The lowest BCUT2D eigenvalue weighted by Gasteiger charge is -2.30. The monoisotopic (exact) mass is 266 g/mol. The van der Waals surface area contributed by atoms with E-state index in [9.17, 15) is 5.11 Å². The van der Waals surface area contributed by atoms with Gasteiger partial charge in [-0.2, -0.15) is 5.10 Å². The van der Waals surface area contributed by atoms with Crippen LogP contribution in [0.2, 0.25) is 0 Å². The van der Waals surface area contributed by atoms with Crippen LogP contribution in [-0.4, -0.2) is 28.0 Å². The summed E-state index contributed by atoms with van der Waals surface area (Å²) < 4.78 is 1.82. The van der Waals surface area contributed by atoms with Gasteiger partial charge in [0.25, 0.3) is 0 Å². The van der Waals surface area contributed by atoms with Crippen molar-refractivity contribution >= 4 is 11.5 Å². The molecule has 5 nitrogen and oxygen atoms in total. The number of hydrogen-bond acceptors (Lipinski definition) is 4. The Hall–Kier alpha value is -1.23. The van der Waals surface area contributed by atoms with Crippen LogP contribution in [0.3, 0.4) is 0 Å². The van der Waals surface area contributed by atoms with Crippen molar-refractivity contribution < 1.29 is 5.11 Å². The Morgan fingerprint density at radius 2 is 2.05 bits per heavy atom. The molecule has 2 atom stereocenters. The summed E-state index contributed by atoms with van der Waals surface area (Å²) in [4.78, 5) is 0. The van der Waals surface area contributed by atoms with Crippen LogP contribution in [0.1, 0.15) is 38.3 Å². The number of anilines is 2. The van der Waals surface area contributed by atoms with E-state index in [0.717, 1.165) is 36.6 Å². The number of aromatic nitrogens is 2. The predicted molar refractivity (Wildman–Crippen MR) is 78.0 cm³/mol. The first-order chi connectivity index (χ1) is 9.17. The number of aliphatic hydroxyl groups excluding tert-OH is 1. The largest absolute Gasteiger partial charge is 0.396 e. The van der Waals surface area contributed by atoms with Crippen molar-refractivity contribution in [2.75, 3.05) is 24.2 Å². The Kier molecular flexibility index (Phi) is 4.69. The molecule has 0 amide bonds. The van der Waals surface area contributed by atoms with E-state index in [1.165, 1.54) is 19.3 Å². The number of nitrogens with one attached hydrogen (secondary N) is 1. The van der Waals surface area contributed by atoms with Gasteiger partial charge in [-0.3, -0.25) is 4.68 Å². The van der Waals surface area contributed by atoms with Crippen molar-refractivity contribution in [2.45, 2.75) is 39.0 Å². The lowest BCUT2D eigenvalue weighted by Crippen LogP contribution is -2.29. The number of aryl methyl sites for hydroxylation is 2. The molecule has 2 rings (SSSR count). The third kappa shape index (κ3) is 3.03. The maximum Gasteiger partial charge on any atom is 0.147 e. The quantitative estimate of drug-likeness (QED) is 0.759. The first-order valence-corrected chi connectivity index (χ1v) is 7.33. The van der Waals surface area contributed by atoms with Crippen LogP contribution in [0.4, 0.5) is 11.5 Å². The van der Waals surface area contributed by atoms with Crippen LogP contribution in [0.15, 0.2) is 0 Å². The number of nitrogens with zero attached hydrogens (tertiary/aromatic N) is 2. The Labute approximate surface area is 115 Å². The number of nitrogens with two attached hydrogens (primary N) is 1. The topological polar surface area (TPSA) is 76.1 Å². The van der Waals surface area contributed by atoms with Gasteiger partial charge in [-0.15, -0.1) is 0 Å². The minimum Gasteiger partial charge on any atom is -0.396 e. The molecule has 0 aromatic carbocycles. The fraction of sp³-hybridized carbons (Fsp3) is 0.786.